The van der Waals surface area contributed by atoms with E-state index in [4.69, 9.17) is 34.8 Å². The summed E-state index contributed by atoms with van der Waals surface area (Å²) in [6, 6.07) is 12.5. The molecule has 3 rings (SSSR count). The Hall–Kier alpha value is -1.50. The van der Waals surface area contributed by atoms with Crippen LogP contribution in [0.3, 0.4) is 0 Å². The van der Waals surface area contributed by atoms with Crippen molar-refractivity contribution in [3.63, 3.8) is 0 Å². The first-order valence-electron chi connectivity index (χ1n) is 10.8. The van der Waals surface area contributed by atoms with Gasteiger partial charge in [-0.05, 0) is 48.7 Å². The molecule has 5 nitrogen and oxygen atoms in total. The lowest BCUT2D eigenvalue weighted by atomic mass is 10.0. The number of unbranched alkanes of at least 4 members (excludes halogenated alkanes) is 2. The average molecular weight is 486 g/mol. The van der Waals surface area contributed by atoms with Crippen LogP contribution in [-0.4, -0.2) is 18.5 Å². The molecule has 2 aromatic rings. The Morgan fingerprint density at radius 2 is 1.74 bits per heavy atom. The first-order chi connectivity index (χ1) is 15.0. The minimum absolute atomic E-state index is 0.0817. The second-order valence-electron chi connectivity index (χ2n) is 7.07. The Balaban J connectivity index is 0.00000166. The molecule has 8 heteroatoms. The molecule has 3 N–H and O–H groups in total. The van der Waals surface area contributed by atoms with Crippen molar-refractivity contribution in [3.05, 3.63) is 63.1 Å². The number of carbonyl (C=O) groups is 1. The Bertz CT molecular complexity index is 832. The fourth-order valence-corrected chi connectivity index (χ4v) is 4.01. The van der Waals surface area contributed by atoms with E-state index >= 15 is 0 Å². The summed E-state index contributed by atoms with van der Waals surface area (Å²) < 4.78 is 0. The third-order valence-electron chi connectivity index (χ3n) is 4.92. The van der Waals surface area contributed by atoms with E-state index in [2.05, 4.69) is 23.2 Å². The molecule has 2 unspecified atom stereocenters. The minimum Gasteiger partial charge on any atom is -0.299 e. The van der Waals surface area contributed by atoms with E-state index in [-0.39, 0.29) is 11.9 Å². The van der Waals surface area contributed by atoms with Gasteiger partial charge in [-0.25, -0.2) is 10.9 Å². The minimum atomic E-state index is -0.402. The molecule has 0 spiro atoms. The standard InChI is InChI=1S/C21H25Cl3N4O.C2H6/c1-2-3-4-11-25-26-21(29)18-13-20(14-5-7-15(22)8-6-14)28(27-18)19-10-9-16(23)12-17(19)24;1-2/h5-10,12,18,20,25,27H,2-4,11,13H2,1H3,(H,26,29);1-2H3. The number of anilines is 1. The van der Waals surface area contributed by atoms with Crippen LogP contribution in [0.15, 0.2) is 42.5 Å². The quantitative estimate of drug-likeness (QED) is 0.303. The van der Waals surface area contributed by atoms with Gasteiger partial charge in [0.15, 0.2) is 0 Å². The number of benzene rings is 2. The van der Waals surface area contributed by atoms with Crippen LogP contribution in [0.4, 0.5) is 5.69 Å². The molecule has 170 valence electrons. The number of hydrogen-bond donors (Lipinski definition) is 3. The van der Waals surface area contributed by atoms with Gasteiger partial charge in [0.1, 0.15) is 6.04 Å². The second-order valence-corrected chi connectivity index (χ2v) is 8.35. The highest BCUT2D eigenvalue weighted by molar-refractivity contribution is 6.36. The van der Waals surface area contributed by atoms with Crippen molar-refractivity contribution in [2.24, 2.45) is 0 Å². The molecule has 31 heavy (non-hydrogen) atoms. The molecule has 1 amide bonds. The van der Waals surface area contributed by atoms with Crippen molar-refractivity contribution < 1.29 is 4.79 Å². The Kier molecular flexibility index (Phi) is 10.9. The van der Waals surface area contributed by atoms with E-state index in [1.165, 1.54) is 0 Å². The fraction of sp³-hybridized carbons (Fsp3) is 0.435. The molecule has 1 aliphatic rings. The van der Waals surface area contributed by atoms with E-state index in [9.17, 15) is 4.79 Å². The maximum Gasteiger partial charge on any atom is 0.253 e. The molecular weight excluding hydrogens is 455 g/mol. The molecule has 2 atom stereocenters. The summed E-state index contributed by atoms with van der Waals surface area (Å²) in [5, 5.41) is 3.68. The summed E-state index contributed by atoms with van der Waals surface area (Å²) in [7, 11) is 0. The number of hydrogen-bond acceptors (Lipinski definition) is 4. The first kappa shape index (κ1) is 25.8. The Morgan fingerprint density at radius 3 is 2.39 bits per heavy atom. The van der Waals surface area contributed by atoms with Crippen molar-refractivity contribution in [2.45, 2.75) is 58.5 Å². The number of carbonyl (C=O) groups excluding carboxylic acids is 1. The summed E-state index contributed by atoms with van der Waals surface area (Å²) in [4.78, 5) is 12.7. The SMILES string of the molecule is CC.CCCCCNNC(=O)C1CC(c2ccc(Cl)cc2)N(c2ccc(Cl)cc2Cl)N1. The van der Waals surface area contributed by atoms with Gasteiger partial charge in [0.25, 0.3) is 5.91 Å². The smallest absolute Gasteiger partial charge is 0.253 e. The third-order valence-corrected chi connectivity index (χ3v) is 5.71. The zero-order valence-electron chi connectivity index (χ0n) is 18.2. The molecule has 2 aromatic carbocycles. The fourth-order valence-electron chi connectivity index (χ4n) is 3.39. The van der Waals surface area contributed by atoms with Crippen LogP contribution >= 0.6 is 34.8 Å². The van der Waals surface area contributed by atoms with Gasteiger partial charge in [-0.2, -0.15) is 0 Å². The van der Waals surface area contributed by atoms with Crippen LogP contribution in [0.25, 0.3) is 0 Å². The lowest BCUT2D eigenvalue weighted by Gasteiger charge is -2.27. The number of nitrogens with one attached hydrogen (secondary N) is 3. The molecule has 0 saturated carbocycles. The third kappa shape index (κ3) is 7.26. The van der Waals surface area contributed by atoms with Gasteiger partial charge in [0.05, 0.1) is 16.8 Å². The molecule has 1 aliphatic heterocycles. The summed E-state index contributed by atoms with van der Waals surface area (Å²) in [5.41, 5.74) is 10.9. The highest BCUT2D eigenvalue weighted by Gasteiger charge is 2.37. The van der Waals surface area contributed by atoms with Gasteiger partial charge in [-0.1, -0.05) is 80.5 Å². The lowest BCUT2D eigenvalue weighted by molar-refractivity contribution is -0.123. The van der Waals surface area contributed by atoms with Crippen LogP contribution in [0.2, 0.25) is 15.1 Å². The molecule has 1 fully saturated rings. The van der Waals surface area contributed by atoms with Gasteiger partial charge < -0.3 is 0 Å². The van der Waals surface area contributed by atoms with Crippen LogP contribution in [0, 0.1) is 0 Å². The second kappa shape index (κ2) is 13.1. The van der Waals surface area contributed by atoms with Crippen molar-refractivity contribution in [2.75, 3.05) is 11.6 Å². The molecule has 1 saturated heterocycles. The predicted octanol–water partition coefficient (Wildman–Crippen LogP) is 6.31. The van der Waals surface area contributed by atoms with E-state index < -0.39 is 6.04 Å². The molecule has 0 aliphatic carbocycles. The predicted molar refractivity (Wildman–Crippen MR) is 132 cm³/mol. The van der Waals surface area contributed by atoms with E-state index in [0.717, 1.165) is 37.1 Å². The summed E-state index contributed by atoms with van der Waals surface area (Å²) in [6.45, 7) is 6.90. The molecule has 0 bridgehead atoms. The Labute approximate surface area is 200 Å². The van der Waals surface area contributed by atoms with Gasteiger partial charge in [0, 0.05) is 16.6 Å². The van der Waals surface area contributed by atoms with Crippen molar-refractivity contribution >= 4 is 46.4 Å². The maximum absolute atomic E-state index is 12.7. The number of hydrazine groups is 2. The van der Waals surface area contributed by atoms with Crippen LogP contribution in [0.5, 0.6) is 0 Å². The maximum atomic E-state index is 12.7. The molecular formula is C23H31Cl3N4O. The molecule has 1 heterocycles. The molecule has 0 aromatic heterocycles. The zero-order valence-corrected chi connectivity index (χ0v) is 20.5. The van der Waals surface area contributed by atoms with Gasteiger partial charge in [0.2, 0.25) is 0 Å². The topological polar surface area (TPSA) is 56.4 Å². The van der Waals surface area contributed by atoms with Crippen LogP contribution in [-0.2, 0) is 4.79 Å². The van der Waals surface area contributed by atoms with Crippen molar-refractivity contribution in [1.29, 1.82) is 0 Å². The summed E-state index contributed by atoms with van der Waals surface area (Å²) >= 11 is 18.6. The van der Waals surface area contributed by atoms with E-state index in [0.29, 0.717) is 21.5 Å². The van der Waals surface area contributed by atoms with Crippen molar-refractivity contribution in [1.82, 2.24) is 16.3 Å². The van der Waals surface area contributed by atoms with Crippen LogP contribution in [0.1, 0.15) is 58.1 Å². The monoisotopic (exact) mass is 484 g/mol. The Morgan fingerprint density at radius 1 is 1.06 bits per heavy atom. The highest BCUT2D eigenvalue weighted by atomic mass is 35.5. The van der Waals surface area contributed by atoms with Crippen molar-refractivity contribution in [3.8, 4) is 0 Å². The van der Waals surface area contributed by atoms with Gasteiger partial charge in [-0.3, -0.25) is 15.2 Å². The van der Waals surface area contributed by atoms with Crippen LogP contribution < -0.4 is 21.3 Å². The number of amides is 1. The number of nitrogens with zero attached hydrogens (tertiary/aromatic N) is 1. The van der Waals surface area contributed by atoms with E-state index in [1.807, 2.05) is 49.2 Å². The van der Waals surface area contributed by atoms with Gasteiger partial charge in [-0.15, -0.1) is 0 Å². The zero-order chi connectivity index (χ0) is 22.8. The normalized spacial score (nSPS) is 17.8. The number of rotatable bonds is 8. The summed E-state index contributed by atoms with van der Waals surface area (Å²) in [6.07, 6.45) is 3.88. The first-order valence-corrected chi connectivity index (χ1v) is 11.9. The van der Waals surface area contributed by atoms with E-state index in [1.54, 1.807) is 12.1 Å². The highest BCUT2D eigenvalue weighted by Crippen LogP contribution is 2.38. The lowest BCUT2D eigenvalue weighted by Crippen LogP contribution is -2.49. The largest absolute Gasteiger partial charge is 0.299 e. The van der Waals surface area contributed by atoms with Gasteiger partial charge >= 0.3 is 0 Å². The molecule has 0 radical (unpaired) electrons. The summed E-state index contributed by atoms with van der Waals surface area (Å²) in [5.74, 6) is -0.104. The number of halogens is 3. The average Bonchev–Trinajstić information content (AvgIpc) is 3.20.